The lowest BCUT2D eigenvalue weighted by molar-refractivity contribution is 0.102. The van der Waals surface area contributed by atoms with Crippen LogP contribution >= 0.6 is 0 Å². The predicted molar refractivity (Wildman–Crippen MR) is 107 cm³/mol. The van der Waals surface area contributed by atoms with Gasteiger partial charge < -0.3 is 20.7 Å². The summed E-state index contributed by atoms with van der Waals surface area (Å²) in [5, 5.41) is 8.43. The van der Waals surface area contributed by atoms with E-state index in [9.17, 15) is 9.59 Å². The topological polar surface area (TPSA) is 79.5 Å². The molecule has 0 fully saturated rings. The van der Waals surface area contributed by atoms with E-state index in [-0.39, 0.29) is 18.0 Å². The Morgan fingerprint density at radius 1 is 1.04 bits per heavy atom. The number of amides is 3. The van der Waals surface area contributed by atoms with Gasteiger partial charge in [-0.3, -0.25) is 4.79 Å². The molecule has 3 N–H and O–H groups in total. The third-order valence-corrected chi connectivity index (χ3v) is 3.69. The molecular formula is C21H27N3O3. The molecule has 0 atom stereocenters. The van der Waals surface area contributed by atoms with E-state index in [0.717, 1.165) is 12.0 Å². The Labute approximate surface area is 160 Å². The molecule has 2 rings (SSSR count). The van der Waals surface area contributed by atoms with Crippen molar-refractivity contribution in [2.45, 2.75) is 39.8 Å². The van der Waals surface area contributed by atoms with Gasteiger partial charge in [0.2, 0.25) is 0 Å². The highest BCUT2D eigenvalue weighted by Gasteiger charge is 2.10. The van der Waals surface area contributed by atoms with E-state index in [1.165, 1.54) is 0 Å². The fourth-order valence-corrected chi connectivity index (χ4v) is 2.37. The van der Waals surface area contributed by atoms with E-state index in [2.05, 4.69) is 16.0 Å². The first-order valence-electron chi connectivity index (χ1n) is 9.16. The van der Waals surface area contributed by atoms with Crippen molar-refractivity contribution >= 4 is 17.6 Å². The van der Waals surface area contributed by atoms with Gasteiger partial charge in [0, 0.05) is 18.2 Å². The first-order chi connectivity index (χ1) is 13.0. The maximum atomic E-state index is 12.5. The highest BCUT2D eigenvalue weighted by atomic mass is 16.5. The zero-order valence-corrected chi connectivity index (χ0v) is 16.0. The van der Waals surface area contributed by atoms with E-state index in [1.54, 1.807) is 12.1 Å². The van der Waals surface area contributed by atoms with Crippen LogP contribution in [0.3, 0.4) is 0 Å². The van der Waals surface area contributed by atoms with Crippen molar-refractivity contribution in [2.24, 2.45) is 0 Å². The standard InChI is InChI=1S/C21H27N3O3/c1-4-13-27-19-8-6-5-7-18(19)24-20(25)17-11-9-16(10-12-17)14-22-21(26)23-15(2)3/h5-12,15H,4,13-14H2,1-3H3,(H,24,25)(H2,22,23,26). The third-order valence-electron chi connectivity index (χ3n) is 3.69. The van der Waals surface area contributed by atoms with E-state index < -0.39 is 0 Å². The summed E-state index contributed by atoms with van der Waals surface area (Å²) in [4.78, 5) is 24.1. The number of rotatable bonds is 8. The minimum absolute atomic E-state index is 0.0836. The molecule has 0 aliphatic heterocycles. The number of urea groups is 1. The van der Waals surface area contributed by atoms with E-state index in [0.29, 0.717) is 30.2 Å². The molecule has 2 aromatic rings. The first kappa shape index (κ1) is 20.3. The molecule has 3 amide bonds. The van der Waals surface area contributed by atoms with Crippen molar-refractivity contribution in [2.75, 3.05) is 11.9 Å². The molecule has 0 bridgehead atoms. The van der Waals surface area contributed by atoms with Gasteiger partial charge in [-0.15, -0.1) is 0 Å². The molecule has 0 heterocycles. The molecule has 6 heteroatoms. The summed E-state index contributed by atoms with van der Waals surface area (Å²) in [6.07, 6.45) is 0.896. The highest BCUT2D eigenvalue weighted by Crippen LogP contribution is 2.24. The molecular weight excluding hydrogens is 342 g/mol. The van der Waals surface area contributed by atoms with Crippen molar-refractivity contribution in [3.05, 3.63) is 59.7 Å². The zero-order valence-electron chi connectivity index (χ0n) is 16.0. The zero-order chi connectivity index (χ0) is 19.6. The lowest BCUT2D eigenvalue weighted by Gasteiger charge is -2.12. The Balaban J connectivity index is 1.95. The second-order valence-electron chi connectivity index (χ2n) is 6.48. The van der Waals surface area contributed by atoms with E-state index in [1.807, 2.05) is 57.2 Å². The Morgan fingerprint density at radius 3 is 2.41 bits per heavy atom. The van der Waals surface area contributed by atoms with Crippen LogP contribution in [0.1, 0.15) is 43.1 Å². The first-order valence-corrected chi connectivity index (χ1v) is 9.16. The van der Waals surface area contributed by atoms with Gasteiger partial charge >= 0.3 is 6.03 Å². The van der Waals surface area contributed by atoms with Crippen LogP contribution in [0.15, 0.2) is 48.5 Å². The summed E-state index contributed by atoms with van der Waals surface area (Å²) < 4.78 is 5.66. The molecule has 27 heavy (non-hydrogen) atoms. The Kier molecular flexibility index (Phi) is 7.67. The summed E-state index contributed by atoms with van der Waals surface area (Å²) in [6.45, 7) is 6.83. The molecule has 0 unspecified atom stereocenters. The molecule has 0 aliphatic rings. The number of para-hydroxylation sites is 2. The average molecular weight is 369 g/mol. The minimum Gasteiger partial charge on any atom is -0.491 e. The summed E-state index contributed by atoms with van der Waals surface area (Å²) in [5.74, 6) is 0.448. The van der Waals surface area contributed by atoms with Crippen LogP contribution in [0.25, 0.3) is 0 Å². The van der Waals surface area contributed by atoms with Crippen molar-refractivity contribution in [1.82, 2.24) is 10.6 Å². The highest BCUT2D eigenvalue weighted by molar-refractivity contribution is 6.05. The van der Waals surface area contributed by atoms with Gasteiger partial charge in [-0.1, -0.05) is 31.2 Å². The molecule has 2 aromatic carbocycles. The number of carbonyl (C=O) groups is 2. The van der Waals surface area contributed by atoms with Crippen LogP contribution in [0.4, 0.5) is 10.5 Å². The maximum Gasteiger partial charge on any atom is 0.315 e. The Hall–Kier alpha value is -3.02. The lowest BCUT2D eigenvalue weighted by atomic mass is 10.1. The number of hydrogen-bond acceptors (Lipinski definition) is 3. The molecule has 0 spiro atoms. The second-order valence-corrected chi connectivity index (χ2v) is 6.48. The van der Waals surface area contributed by atoms with Crippen LogP contribution in [-0.2, 0) is 6.54 Å². The molecule has 0 radical (unpaired) electrons. The Morgan fingerprint density at radius 2 is 1.74 bits per heavy atom. The number of anilines is 1. The predicted octanol–water partition coefficient (Wildman–Crippen LogP) is 3.94. The molecule has 0 aromatic heterocycles. The van der Waals surface area contributed by atoms with Gasteiger partial charge in [-0.2, -0.15) is 0 Å². The third kappa shape index (κ3) is 6.66. The number of benzene rings is 2. The number of hydrogen-bond donors (Lipinski definition) is 3. The Bertz CT molecular complexity index is 758. The summed E-state index contributed by atoms with van der Waals surface area (Å²) in [6, 6.07) is 14.4. The molecule has 0 saturated heterocycles. The minimum atomic E-state index is -0.212. The van der Waals surface area contributed by atoms with E-state index in [4.69, 9.17) is 4.74 Å². The molecule has 0 saturated carbocycles. The van der Waals surface area contributed by atoms with Crippen molar-refractivity contribution in [3.63, 3.8) is 0 Å². The van der Waals surface area contributed by atoms with Gasteiger partial charge in [0.05, 0.1) is 12.3 Å². The van der Waals surface area contributed by atoms with Crippen molar-refractivity contribution in [3.8, 4) is 5.75 Å². The van der Waals surface area contributed by atoms with Gasteiger partial charge in [-0.25, -0.2) is 4.79 Å². The average Bonchev–Trinajstić information content (AvgIpc) is 2.65. The van der Waals surface area contributed by atoms with Gasteiger partial charge in [0.1, 0.15) is 5.75 Å². The van der Waals surface area contributed by atoms with Gasteiger partial charge in [0.25, 0.3) is 5.91 Å². The molecule has 0 aliphatic carbocycles. The maximum absolute atomic E-state index is 12.5. The summed E-state index contributed by atoms with van der Waals surface area (Å²) in [5.41, 5.74) is 2.10. The van der Waals surface area contributed by atoms with Crippen molar-refractivity contribution in [1.29, 1.82) is 0 Å². The smallest absolute Gasteiger partial charge is 0.315 e. The SMILES string of the molecule is CCCOc1ccccc1NC(=O)c1ccc(CNC(=O)NC(C)C)cc1. The summed E-state index contributed by atoms with van der Waals surface area (Å²) in [7, 11) is 0. The molecule has 144 valence electrons. The van der Waals surface area contributed by atoms with Crippen LogP contribution < -0.4 is 20.7 Å². The van der Waals surface area contributed by atoms with Crippen LogP contribution in [0.2, 0.25) is 0 Å². The lowest BCUT2D eigenvalue weighted by Crippen LogP contribution is -2.39. The largest absolute Gasteiger partial charge is 0.491 e. The van der Waals surface area contributed by atoms with Crippen LogP contribution in [-0.4, -0.2) is 24.6 Å². The normalized spacial score (nSPS) is 10.4. The van der Waals surface area contributed by atoms with Gasteiger partial charge in [-0.05, 0) is 50.1 Å². The number of carbonyl (C=O) groups excluding carboxylic acids is 2. The number of nitrogens with one attached hydrogen (secondary N) is 3. The fourth-order valence-electron chi connectivity index (χ4n) is 2.37. The molecule has 6 nitrogen and oxygen atoms in total. The quantitative estimate of drug-likeness (QED) is 0.659. The number of ether oxygens (including phenoxy) is 1. The van der Waals surface area contributed by atoms with Gasteiger partial charge in [0.15, 0.2) is 0 Å². The summed E-state index contributed by atoms with van der Waals surface area (Å²) >= 11 is 0. The fraction of sp³-hybridized carbons (Fsp3) is 0.333. The van der Waals surface area contributed by atoms with Crippen LogP contribution in [0, 0.1) is 0 Å². The van der Waals surface area contributed by atoms with Crippen molar-refractivity contribution < 1.29 is 14.3 Å². The van der Waals surface area contributed by atoms with E-state index >= 15 is 0 Å². The monoisotopic (exact) mass is 369 g/mol. The second kappa shape index (κ2) is 10.2. The van der Waals surface area contributed by atoms with Crippen LogP contribution in [0.5, 0.6) is 5.75 Å².